The van der Waals surface area contributed by atoms with Crippen molar-refractivity contribution >= 4 is 11.8 Å². The lowest BCUT2D eigenvalue weighted by Gasteiger charge is -2.26. The molecule has 1 aromatic rings. The van der Waals surface area contributed by atoms with Crippen LogP contribution in [-0.2, 0) is 16.1 Å². The molecule has 0 bridgehead atoms. The third-order valence-corrected chi connectivity index (χ3v) is 6.11. The number of carbonyl (C=O) groups is 2. The highest BCUT2D eigenvalue weighted by Gasteiger charge is 2.23. The van der Waals surface area contributed by atoms with Gasteiger partial charge in [0.05, 0.1) is 13.2 Å². The van der Waals surface area contributed by atoms with Crippen LogP contribution in [0.15, 0.2) is 18.2 Å². The van der Waals surface area contributed by atoms with Gasteiger partial charge in [-0.1, -0.05) is 19.9 Å². The van der Waals surface area contributed by atoms with Crippen molar-refractivity contribution in [3.05, 3.63) is 29.3 Å². The minimum absolute atomic E-state index is 0.0413. The number of nitrogens with one attached hydrogen (secondary N) is 2. The largest absolute Gasteiger partial charge is 0.493 e. The SMILES string of the molecule is CC(C)CCN1CC(=O)NCCCCCOc2cccc(C(=O)NC3CCOCC3)c2C1. The minimum Gasteiger partial charge on any atom is -0.493 e. The van der Waals surface area contributed by atoms with E-state index in [1.54, 1.807) is 0 Å². The van der Waals surface area contributed by atoms with Gasteiger partial charge >= 0.3 is 0 Å². The Balaban J connectivity index is 1.85. The summed E-state index contributed by atoms with van der Waals surface area (Å²) in [6.07, 6.45) is 5.51. The molecule has 0 atom stereocenters. The first kappa shape index (κ1) is 24.5. The summed E-state index contributed by atoms with van der Waals surface area (Å²) in [5.74, 6) is 1.25. The first-order chi connectivity index (χ1) is 15.5. The normalized spacial score (nSPS) is 19.7. The number of fused-ring (bicyclic) bond motifs is 1. The summed E-state index contributed by atoms with van der Waals surface area (Å²) in [7, 11) is 0. The van der Waals surface area contributed by atoms with Crippen molar-refractivity contribution in [3.63, 3.8) is 0 Å². The Labute approximate surface area is 192 Å². The van der Waals surface area contributed by atoms with Crippen LogP contribution in [0.1, 0.15) is 68.3 Å². The molecule has 1 fully saturated rings. The Morgan fingerprint density at radius 1 is 1.16 bits per heavy atom. The van der Waals surface area contributed by atoms with Crippen LogP contribution in [0.3, 0.4) is 0 Å². The van der Waals surface area contributed by atoms with Crippen molar-refractivity contribution in [2.24, 2.45) is 5.92 Å². The summed E-state index contributed by atoms with van der Waals surface area (Å²) in [4.78, 5) is 27.9. The molecular weight excluding hydrogens is 406 g/mol. The summed E-state index contributed by atoms with van der Waals surface area (Å²) in [5, 5.41) is 6.22. The van der Waals surface area contributed by atoms with E-state index in [1.165, 1.54) is 0 Å². The molecule has 1 aromatic carbocycles. The smallest absolute Gasteiger partial charge is 0.251 e. The molecule has 2 aliphatic heterocycles. The van der Waals surface area contributed by atoms with Gasteiger partial charge in [0.25, 0.3) is 5.91 Å². The van der Waals surface area contributed by atoms with Crippen LogP contribution in [0.2, 0.25) is 0 Å². The van der Waals surface area contributed by atoms with E-state index >= 15 is 0 Å². The Morgan fingerprint density at radius 3 is 2.75 bits per heavy atom. The molecule has 32 heavy (non-hydrogen) atoms. The fraction of sp³-hybridized carbons (Fsp3) is 0.680. The van der Waals surface area contributed by atoms with Crippen LogP contribution < -0.4 is 15.4 Å². The van der Waals surface area contributed by atoms with Crippen LogP contribution in [0, 0.1) is 5.92 Å². The topological polar surface area (TPSA) is 79.9 Å². The fourth-order valence-electron chi connectivity index (χ4n) is 4.13. The first-order valence-corrected chi connectivity index (χ1v) is 12.1. The lowest BCUT2D eigenvalue weighted by molar-refractivity contribution is -0.122. The molecule has 0 radical (unpaired) electrons. The number of carbonyl (C=O) groups excluding carboxylic acids is 2. The van der Waals surface area contributed by atoms with Gasteiger partial charge in [-0.2, -0.15) is 0 Å². The van der Waals surface area contributed by atoms with Gasteiger partial charge in [0.2, 0.25) is 5.91 Å². The van der Waals surface area contributed by atoms with Gasteiger partial charge in [-0.25, -0.2) is 0 Å². The zero-order valence-corrected chi connectivity index (χ0v) is 19.7. The predicted octanol–water partition coefficient (Wildman–Crippen LogP) is 3.12. The second kappa shape index (κ2) is 12.8. The molecule has 2 N–H and O–H groups in total. The number of hydrogen-bond acceptors (Lipinski definition) is 5. The Bertz CT molecular complexity index is 747. The summed E-state index contributed by atoms with van der Waals surface area (Å²) in [5.41, 5.74) is 1.51. The maximum atomic E-state index is 13.2. The fourth-order valence-corrected chi connectivity index (χ4v) is 4.13. The van der Waals surface area contributed by atoms with E-state index in [4.69, 9.17) is 9.47 Å². The van der Waals surface area contributed by atoms with Crippen molar-refractivity contribution in [1.29, 1.82) is 0 Å². The van der Waals surface area contributed by atoms with Crippen LogP contribution in [0.5, 0.6) is 5.75 Å². The van der Waals surface area contributed by atoms with Crippen LogP contribution >= 0.6 is 0 Å². The quantitative estimate of drug-likeness (QED) is 0.728. The molecule has 7 heteroatoms. The standard InChI is InChI=1S/C25H39N3O4/c1-19(2)9-13-28-17-22-21(25(30)27-20-10-15-31-16-11-20)7-6-8-23(22)32-14-5-3-4-12-26-24(29)18-28/h6-8,19-20H,3-5,9-18H2,1-2H3,(H,26,29)(H,27,30). The van der Waals surface area contributed by atoms with Crippen LogP contribution in [0.25, 0.3) is 0 Å². The zero-order chi connectivity index (χ0) is 22.8. The van der Waals surface area contributed by atoms with E-state index in [-0.39, 0.29) is 17.9 Å². The maximum Gasteiger partial charge on any atom is 0.251 e. The number of benzene rings is 1. The highest BCUT2D eigenvalue weighted by atomic mass is 16.5. The summed E-state index contributed by atoms with van der Waals surface area (Å²) in [6.45, 7) is 8.66. The van der Waals surface area contributed by atoms with Crippen molar-refractivity contribution in [2.75, 3.05) is 39.5 Å². The lowest BCUT2D eigenvalue weighted by Crippen LogP contribution is -2.40. The zero-order valence-electron chi connectivity index (χ0n) is 19.7. The molecule has 2 amide bonds. The molecule has 0 saturated carbocycles. The number of hydrogen-bond donors (Lipinski definition) is 2. The van der Waals surface area contributed by atoms with Crippen molar-refractivity contribution < 1.29 is 19.1 Å². The van der Waals surface area contributed by atoms with Crippen LogP contribution in [-0.4, -0.2) is 62.2 Å². The van der Waals surface area contributed by atoms with Gasteiger partial charge in [-0.3, -0.25) is 14.5 Å². The first-order valence-electron chi connectivity index (χ1n) is 12.1. The number of amides is 2. The molecule has 7 nitrogen and oxygen atoms in total. The van der Waals surface area contributed by atoms with Gasteiger partial charge in [0.15, 0.2) is 0 Å². The molecule has 0 unspecified atom stereocenters. The van der Waals surface area contributed by atoms with E-state index in [1.807, 2.05) is 18.2 Å². The molecule has 2 aliphatic rings. The highest BCUT2D eigenvalue weighted by Crippen LogP contribution is 2.26. The van der Waals surface area contributed by atoms with E-state index < -0.39 is 0 Å². The molecule has 2 heterocycles. The van der Waals surface area contributed by atoms with Gasteiger partial charge < -0.3 is 20.1 Å². The molecular formula is C25H39N3O4. The van der Waals surface area contributed by atoms with E-state index in [9.17, 15) is 9.59 Å². The average Bonchev–Trinajstić information content (AvgIpc) is 2.79. The van der Waals surface area contributed by atoms with Crippen molar-refractivity contribution in [2.45, 2.75) is 65.0 Å². The molecule has 1 saturated heterocycles. The summed E-state index contributed by atoms with van der Waals surface area (Å²) >= 11 is 0. The molecule has 0 aromatic heterocycles. The van der Waals surface area contributed by atoms with Crippen LogP contribution in [0.4, 0.5) is 0 Å². The van der Waals surface area contributed by atoms with E-state index in [0.717, 1.165) is 56.4 Å². The predicted molar refractivity (Wildman–Crippen MR) is 125 cm³/mol. The second-order valence-electron chi connectivity index (χ2n) is 9.29. The maximum absolute atomic E-state index is 13.2. The van der Waals surface area contributed by atoms with E-state index in [0.29, 0.717) is 50.9 Å². The van der Waals surface area contributed by atoms with Crippen molar-refractivity contribution in [1.82, 2.24) is 15.5 Å². The molecule has 0 spiro atoms. The highest BCUT2D eigenvalue weighted by molar-refractivity contribution is 5.96. The molecule has 178 valence electrons. The number of nitrogens with zero attached hydrogens (tertiary/aromatic N) is 1. The van der Waals surface area contributed by atoms with Gasteiger partial charge in [-0.05, 0) is 63.1 Å². The number of rotatable bonds is 5. The Morgan fingerprint density at radius 2 is 1.97 bits per heavy atom. The average molecular weight is 446 g/mol. The monoisotopic (exact) mass is 445 g/mol. The minimum atomic E-state index is -0.0741. The Hall–Kier alpha value is -2.12. The molecule has 3 rings (SSSR count). The number of ether oxygens (including phenoxy) is 2. The molecule has 0 aliphatic carbocycles. The van der Waals surface area contributed by atoms with Gasteiger partial charge in [0, 0.05) is 43.5 Å². The van der Waals surface area contributed by atoms with Crippen molar-refractivity contribution in [3.8, 4) is 5.75 Å². The second-order valence-corrected chi connectivity index (χ2v) is 9.29. The van der Waals surface area contributed by atoms with E-state index in [2.05, 4.69) is 29.4 Å². The Kier molecular flexibility index (Phi) is 9.81. The lowest BCUT2D eigenvalue weighted by atomic mass is 10.0. The van der Waals surface area contributed by atoms with Gasteiger partial charge in [-0.15, -0.1) is 0 Å². The summed E-state index contributed by atoms with van der Waals surface area (Å²) in [6, 6.07) is 5.84. The third kappa shape index (κ3) is 7.78. The van der Waals surface area contributed by atoms with Gasteiger partial charge in [0.1, 0.15) is 5.75 Å². The summed E-state index contributed by atoms with van der Waals surface area (Å²) < 4.78 is 11.6. The third-order valence-electron chi connectivity index (χ3n) is 6.11.